The third-order valence-corrected chi connectivity index (χ3v) is 6.32. The normalized spacial score (nSPS) is 22.3. The molecular formula is C24H35NO2. The molecule has 2 rings (SSSR count). The Hall–Kier alpha value is -1.82. The van der Waals surface area contributed by atoms with Crippen LogP contribution in [-0.4, -0.2) is 11.1 Å². The number of benzene rings is 1. The summed E-state index contributed by atoms with van der Waals surface area (Å²) in [5.41, 5.74) is 1.44. The maximum Gasteiger partial charge on any atom is 0.335 e. The van der Waals surface area contributed by atoms with E-state index < -0.39 is 5.97 Å². The van der Waals surface area contributed by atoms with E-state index in [0.29, 0.717) is 11.5 Å². The number of nitrogens with zero attached hydrogens (tertiary/aromatic N) is 1. The molecular weight excluding hydrogens is 334 g/mol. The highest BCUT2D eigenvalue weighted by atomic mass is 16.4. The number of carboxylic acid groups (broad SMARTS) is 1. The smallest absolute Gasteiger partial charge is 0.335 e. The molecule has 0 saturated heterocycles. The second-order valence-corrected chi connectivity index (χ2v) is 8.32. The van der Waals surface area contributed by atoms with Gasteiger partial charge in [0.15, 0.2) is 0 Å². The Morgan fingerprint density at radius 1 is 1.04 bits per heavy atom. The van der Waals surface area contributed by atoms with Crippen molar-refractivity contribution in [3.8, 4) is 6.07 Å². The summed E-state index contributed by atoms with van der Waals surface area (Å²) in [6.07, 6.45) is 15.6. The van der Waals surface area contributed by atoms with E-state index in [9.17, 15) is 10.1 Å². The summed E-state index contributed by atoms with van der Waals surface area (Å²) in [5, 5.41) is 18.8. The van der Waals surface area contributed by atoms with Crippen molar-refractivity contribution in [3.63, 3.8) is 0 Å². The van der Waals surface area contributed by atoms with Gasteiger partial charge in [-0.1, -0.05) is 70.4 Å². The lowest BCUT2D eigenvalue weighted by Gasteiger charge is -2.35. The van der Waals surface area contributed by atoms with Gasteiger partial charge in [0, 0.05) is 0 Å². The van der Waals surface area contributed by atoms with Crippen molar-refractivity contribution in [3.05, 3.63) is 35.4 Å². The molecule has 0 radical (unpaired) electrons. The minimum absolute atomic E-state index is 0.125. The molecule has 0 atom stereocenters. The maximum atomic E-state index is 11.0. The zero-order valence-corrected chi connectivity index (χ0v) is 16.9. The molecule has 27 heavy (non-hydrogen) atoms. The van der Waals surface area contributed by atoms with Gasteiger partial charge < -0.3 is 5.11 Å². The quantitative estimate of drug-likeness (QED) is 0.424. The standard InChI is InChI=1S/C24H35NO2/c1-2-3-4-5-6-7-8-9-16-24(19-25)17-14-21(15-18-24)20-10-12-22(13-11-20)23(26)27/h10-13,21H,2-9,14-18H2,1H3,(H,26,27). The van der Waals surface area contributed by atoms with Crippen LogP contribution in [0.3, 0.4) is 0 Å². The number of hydrogen-bond donors (Lipinski definition) is 1. The fraction of sp³-hybridized carbons (Fsp3) is 0.667. The number of aromatic carboxylic acids is 1. The minimum Gasteiger partial charge on any atom is -0.478 e. The molecule has 148 valence electrons. The van der Waals surface area contributed by atoms with E-state index in [1.165, 1.54) is 56.9 Å². The van der Waals surface area contributed by atoms with Crippen molar-refractivity contribution in [1.29, 1.82) is 5.26 Å². The van der Waals surface area contributed by atoms with Gasteiger partial charge in [-0.3, -0.25) is 0 Å². The molecule has 1 aliphatic rings. The lowest BCUT2D eigenvalue weighted by Crippen LogP contribution is -2.25. The number of carboxylic acids is 1. The first kappa shape index (κ1) is 21.5. The Balaban J connectivity index is 1.72. The van der Waals surface area contributed by atoms with Crippen LogP contribution in [0.5, 0.6) is 0 Å². The summed E-state index contributed by atoms with van der Waals surface area (Å²) in [6, 6.07) is 9.95. The van der Waals surface area contributed by atoms with E-state index in [0.717, 1.165) is 32.1 Å². The fourth-order valence-electron chi connectivity index (χ4n) is 4.42. The van der Waals surface area contributed by atoms with Crippen molar-refractivity contribution in [2.24, 2.45) is 5.41 Å². The van der Waals surface area contributed by atoms with Crippen LogP contribution >= 0.6 is 0 Å². The van der Waals surface area contributed by atoms with Crippen molar-refractivity contribution >= 4 is 5.97 Å². The maximum absolute atomic E-state index is 11.0. The summed E-state index contributed by atoms with van der Waals surface area (Å²) in [5.74, 6) is -0.410. The van der Waals surface area contributed by atoms with E-state index in [-0.39, 0.29) is 5.41 Å². The number of carbonyl (C=O) groups is 1. The van der Waals surface area contributed by atoms with Crippen LogP contribution in [0.2, 0.25) is 0 Å². The van der Waals surface area contributed by atoms with Gasteiger partial charge in [0.05, 0.1) is 17.0 Å². The molecule has 1 aliphatic carbocycles. The molecule has 1 aromatic carbocycles. The van der Waals surface area contributed by atoms with Gasteiger partial charge in [-0.2, -0.15) is 5.26 Å². The second-order valence-electron chi connectivity index (χ2n) is 8.32. The van der Waals surface area contributed by atoms with Gasteiger partial charge in [0.2, 0.25) is 0 Å². The van der Waals surface area contributed by atoms with Crippen LogP contribution in [0.4, 0.5) is 0 Å². The molecule has 1 fully saturated rings. The predicted molar refractivity (Wildman–Crippen MR) is 110 cm³/mol. The number of nitriles is 1. The number of rotatable bonds is 11. The van der Waals surface area contributed by atoms with Crippen molar-refractivity contribution in [2.45, 2.75) is 96.3 Å². The highest BCUT2D eigenvalue weighted by Crippen LogP contribution is 2.45. The molecule has 0 heterocycles. The van der Waals surface area contributed by atoms with E-state index in [1.54, 1.807) is 12.1 Å². The summed E-state index contributed by atoms with van der Waals surface area (Å²) in [6.45, 7) is 2.25. The molecule has 0 spiro atoms. The molecule has 1 saturated carbocycles. The van der Waals surface area contributed by atoms with Crippen LogP contribution in [-0.2, 0) is 0 Å². The SMILES string of the molecule is CCCCCCCCCCC1(C#N)CCC(c2ccc(C(=O)O)cc2)CC1. The topological polar surface area (TPSA) is 61.1 Å². The van der Waals surface area contributed by atoms with E-state index in [1.807, 2.05) is 12.1 Å². The number of hydrogen-bond acceptors (Lipinski definition) is 2. The lowest BCUT2D eigenvalue weighted by atomic mass is 9.67. The summed E-state index contributed by atoms with van der Waals surface area (Å²) in [4.78, 5) is 11.0. The van der Waals surface area contributed by atoms with E-state index in [4.69, 9.17) is 5.11 Å². The van der Waals surface area contributed by atoms with Gasteiger partial charge in [-0.05, 0) is 55.7 Å². The van der Waals surface area contributed by atoms with E-state index >= 15 is 0 Å². The first-order valence-electron chi connectivity index (χ1n) is 10.8. The summed E-state index contributed by atoms with van der Waals surface area (Å²) in [7, 11) is 0. The van der Waals surface area contributed by atoms with Gasteiger partial charge in [0.1, 0.15) is 0 Å². The second kappa shape index (κ2) is 11.1. The van der Waals surface area contributed by atoms with E-state index in [2.05, 4.69) is 13.0 Å². The van der Waals surface area contributed by atoms with Crippen molar-refractivity contribution < 1.29 is 9.90 Å². The minimum atomic E-state index is -0.876. The van der Waals surface area contributed by atoms with Gasteiger partial charge in [-0.15, -0.1) is 0 Å². The van der Waals surface area contributed by atoms with Gasteiger partial charge >= 0.3 is 5.97 Å². The molecule has 3 heteroatoms. The Labute approximate surface area is 164 Å². The average molecular weight is 370 g/mol. The Bertz CT molecular complexity index is 606. The average Bonchev–Trinajstić information content (AvgIpc) is 2.70. The third-order valence-electron chi connectivity index (χ3n) is 6.32. The molecule has 0 amide bonds. The fourth-order valence-corrected chi connectivity index (χ4v) is 4.42. The monoisotopic (exact) mass is 369 g/mol. The first-order chi connectivity index (χ1) is 13.1. The Morgan fingerprint density at radius 2 is 1.59 bits per heavy atom. The summed E-state index contributed by atoms with van der Waals surface area (Å²) < 4.78 is 0. The van der Waals surface area contributed by atoms with Crippen LogP contribution < -0.4 is 0 Å². The van der Waals surface area contributed by atoms with Crippen molar-refractivity contribution in [1.82, 2.24) is 0 Å². The molecule has 3 nitrogen and oxygen atoms in total. The summed E-state index contributed by atoms with van der Waals surface area (Å²) >= 11 is 0. The van der Waals surface area contributed by atoms with Crippen LogP contribution in [0.1, 0.15) is 112 Å². The molecule has 0 bridgehead atoms. The number of unbranched alkanes of at least 4 members (excludes halogenated alkanes) is 7. The van der Waals surface area contributed by atoms with Crippen LogP contribution in [0.15, 0.2) is 24.3 Å². The van der Waals surface area contributed by atoms with Crippen molar-refractivity contribution in [2.75, 3.05) is 0 Å². The molecule has 1 aromatic rings. The Morgan fingerprint density at radius 3 is 2.11 bits per heavy atom. The zero-order valence-electron chi connectivity index (χ0n) is 16.9. The molecule has 0 aromatic heterocycles. The van der Waals surface area contributed by atoms with Gasteiger partial charge in [-0.25, -0.2) is 4.79 Å². The van der Waals surface area contributed by atoms with Crippen LogP contribution in [0, 0.1) is 16.7 Å². The third kappa shape index (κ3) is 6.69. The van der Waals surface area contributed by atoms with Gasteiger partial charge in [0.25, 0.3) is 0 Å². The van der Waals surface area contributed by atoms with Crippen LogP contribution in [0.25, 0.3) is 0 Å². The lowest BCUT2D eigenvalue weighted by molar-refractivity contribution is 0.0697. The molecule has 1 N–H and O–H groups in total. The largest absolute Gasteiger partial charge is 0.478 e. The predicted octanol–water partition coefficient (Wildman–Crippen LogP) is 7.08. The Kier molecular flexibility index (Phi) is 8.85. The molecule has 0 unspecified atom stereocenters. The highest BCUT2D eigenvalue weighted by molar-refractivity contribution is 5.87. The molecule has 0 aliphatic heterocycles. The first-order valence-corrected chi connectivity index (χ1v) is 10.8. The highest BCUT2D eigenvalue weighted by Gasteiger charge is 2.35. The zero-order chi connectivity index (χ0) is 19.5.